The van der Waals surface area contributed by atoms with Crippen LogP contribution in [0, 0.1) is 5.41 Å². The van der Waals surface area contributed by atoms with Crippen molar-refractivity contribution >= 4 is 33.2 Å². The number of hydrogen-bond donors (Lipinski definition) is 2. The maximum Gasteiger partial charge on any atom is 0.243 e. The highest BCUT2D eigenvalue weighted by molar-refractivity contribution is 7.89. The number of halogens is 2. The van der Waals surface area contributed by atoms with E-state index in [1.54, 1.807) is 6.07 Å². The number of hydrogen-bond acceptors (Lipinski definition) is 3. The Morgan fingerprint density at radius 1 is 1.14 bits per heavy atom. The van der Waals surface area contributed by atoms with Gasteiger partial charge < -0.3 is 5.11 Å². The van der Waals surface area contributed by atoms with E-state index in [0.717, 1.165) is 32.1 Å². The Morgan fingerprint density at radius 2 is 1.71 bits per heavy atom. The molecule has 4 nitrogen and oxygen atoms in total. The first-order valence-corrected chi connectivity index (χ1v) is 9.19. The maximum absolute atomic E-state index is 12.4. The fourth-order valence-corrected chi connectivity index (χ4v) is 5.05. The van der Waals surface area contributed by atoms with Gasteiger partial charge in [0, 0.05) is 18.6 Å². The normalized spacial score (nSPS) is 18.6. The van der Waals surface area contributed by atoms with Gasteiger partial charge in [-0.05, 0) is 25.0 Å². The molecule has 0 aromatic heterocycles. The van der Waals surface area contributed by atoms with Gasteiger partial charge in [-0.1, -0.05) is 48.5 Å². The number of rotatable bonds is 5. The zero-order valence-electron chi connectivity index (χ0n) is 11.6. The molecule has 0 saturated heterocycles. The molecule has 118 valence electrons. The molecule has 2 rings (SSSR count). The molecule has 1 aromatic rings. The summed E-state index contributed by atoms with van der Waals surface area (Å²) in [6.45, 7) is 0.180. The molecule has 0 atom stereocenters. The minimum atomic E-state index is -3.79. The van der Waals surface area contributed by atoms with Crippen LogP contribution in [0.3, 0.4) is 0 Å². The van der Waals surface area contributed by atoms with Gasteiger partial charge in [-0.15, -0.1) is 0 Å². The van der Waals surface area contributed by atoms with Crippen LogP contribution in [-0.2, 0) is 10.0 Å². The molecule has 1 saturated carbocycles. The third-order valence-corrected chi connectivity index (χ3v) is 6.43. The van der Waals surface area contributed by atoms with Gasteiger partial charge in [-0.3, -0.25) is 0 Å². The molecule has 0 heterocycles. The number of nitrogens with one attached hydrogen (secondary N) is 1. The third kappa shape index (κ3) is 3.90. The quantitative estimate of drug-likeness (QED) is 0.855. The number of aliphatic hydroxyl groups excluding tert-OH is 1. The van der Waals surface area contributed by atoms with Gasteiger partial charge in [0.1, 0.15) is 4.90 Å². The van der Waals surface area contributed by atoms with Gasteiger partial charge >= 0.3 is 0 Å². The fraction of sp³-hybridized carbons (Fsp3) is 0.571. The second-order valence-corrected chi connectivity index (χ2v) is 8.11. The Labute approximate surface area is 135 Å². The van der Waals surface area contributed by atoms with Crippen molar-refractivity contribution in [1.29, 1.82) is 0 Å². The lowest BCUT2D eigenvalue weighted by atomic mass is 9.75. The van der Waals surface area contributed by atoms with Gasteiger partial charge in [-0.25, -0.2) is 13.1 Å². The van der Waals surface area contributed by atoms with Crippen molar-refractivity contribution < 1.29 is 13.5 Å². The standard InChI is InChI=1S/C14H19Cl2NO3S/c15-11-5-4-6-12(16)13(11)21(19,20)17-9-14(10-18)7-2-1-3-8-14/h4-6,17-18H,1-3,7-10H2. The average molecular weight is 352 g/mol. The maximum atomic E-state index is 12.4. The number of aliphatic hydroxyl groups is 1. The molecular formula is C14H19Cl2NO3S. The smallest absolute Gasteiger partial charge is 0.243 e. The van der Waals surface area contributed by atoms with Crippen LogP contribution >= 0.6 is 23.2 Å². The summed E-state index contributed by atoms with van der Waals surface area (Å²) in [5.41, 5.74) is -0.376. The van der Waals surface area contributed by atoms with Gasteiger partial charge in [0.25, 0.3) is 0 Å². The van der Waals surface area contributed by atoms with E-state index in [4.69, 9.17) is 23.2 Å². The molecule has 1 fully saturated rings. The largest absolute Gasteiger partial charge is 0.396 e. The van der Waals surface area contributed by atoms with E-state index in [1.807, 2.05) is 0 Å². The summed E-state index contributed by atoms with van der Waals surface area (Å²) in [5.74, 6) is 0. The second-order valence-electron chi connectivity index (χ2n) is 5.59. The topological polar surface area (TPSA) is 66.4 Å². The van der Waals surface area contributed by atoms with Gasteiger partial charge in [0.15, 0.2) is 0 Å². The van der Waals surface area contributed by atoms with Crippen molar-refractivity contribution in [2.75, 3.05) is 13.2 Å². The highest BCUT2D eigenvalue weighted by atomic mass is 35.5. The molecule has 0 unspecified atom stereocenters. The van der Waals surface area contributed by atoms with Crippen LogP contribution in [0.1, 0.15) is 32.1 Å². The van der Waals surface area contributed by atoms with Gasteiger partial charge in [0.2, 0.25) is 10.0 Å². The van der Waals surface area contributed by atoms with E-state index in [2.05, 4.69) is 4.72 Å². The van der Waals surface area contributed by atoms with E-state index >= 15 is 0 Å². The van der Waals surface area contributed by atoms with Gasteiger partial charge in [0.05, 0.1) is 10.0 Å². The molecule has 0 bridgehead atoms. The number of benzene rings is 1. The first kappa shape index (κ1) is 17.0. The van der Waals surface area contributed by atoms with E-state index in [0.29, 0.717) is 0 Å². The highest BCUT2D eigenvalue weighted by Crippen LogP contribution is 2.36. The van der Waals surface area contributed by atoms with Crippen LogP contribution in [0.2, 0.25) is 10.0 Å². The van der Waals surface area contributed by atoms with Crippen molar-refractivity contribution in [2.24, 2.45) is 5.41 Å². The van der Waals surface area contributed by atoms with Gasteiger partial charge in [-0.2, -0.15) is 0 Å². The summed E-state index contributed by atoms with van der Waals surface area (Å²) >= 11 is 11.9. The first-order chi connectivity index (χ1) is 9.90. The van der Waals surface area contributed by atoms with E-state index in [9.17, 15) is 13.5 Å². The van der Waals surface area contributed by atoms with Crippen molar-refractivity contribution in [2.45, 2.75) is 37.0 Å². The minimum Gasteiger partial charge on any atom is -0.396 e. The Balaban J connectivity index is 2.18. The number of sulfonamides is 1. The fourth-order valence-electron chi connectivity index (χ4n) is 2.75. The monoisotopic (exact) mass is 351 g/mol. The van der Waals surface area contributed by atoms with E-state index < -0.39 is 10.0 Å². The van der Waals surface area contributed by atoms with Crippen LogP contribution in [0.4, 0.5) is 0 Å². The average Bonchev–Trinajstić information content (AvgIpc) is 2.46. The molecule has 21 heavy (non-hydrogen) atoms. The van der Waals surface area contributed by atoms with Crippen LogP contribution < -0.4 is 4.72 Å². The molecule has 1 aliphatic rings. The Kier molecular flexibility index (Phi) is 5.54. The first-order valence-electron chi connectivity index (χ1n) is 6.95. The van der Waals surface area contributed by atoms with Crippen LogP contribution in [0.15, 0.2) is 23.1 Å². The summed E-state index contributed by atoms with van der Waals surface area (Å²) in [6.07, 6.45) is 4.79. The molecule has 0 spiro atoms. The highest BCUT2D eigenvalue weighted by Gasteiger charge is 2.33. The lowest BCUT2D eigenvalue weighted by Gasteiger charge is -2.35. The Bertz CT molecular complexity index is 578. The van der Waals surface area contributed by atoms with Crippen molar-refractivity contribution in [3.05, 3.63) is 28.2 Å². The van der Waals surface area contributed by atoms with Crippen LogP contribution in [0.5, 0.6) is 0 Å². The summed E-state index contributed by atoms with van der Waals surface area (Å²) in [7, 11) is -3.79. The molecule has 2 N–H and O–H groups in total. The summed E-state index contributed by atoms with van der Waals surface area (Å²) in [5, 5.41) is 9.82. The molecule has 1 aliphatic carbocycles. The minimum absolute atomic E-state index is 0.0220. The molecule has 0 radical (unpaired) electrons. The second kappa shape index (κ2) is 6.84. The molecular weight excluding hydrogens is 333 g/mol. The SMILES string of the molecule is O=S(=O)(NCC1(CO)CCCCC1)c1c(Cl)cccc1Cl. The summed E-state index contributed by atoms with van der Waals surface area (Å²) < 4.78 is 27.4. The molecule has 1 aromatic carbocycles. The van der Waals surface area contributed by atoms with Crippen molar-refractivity contribution in [3.63, 3.8) is 0 Å². The van der Waals surface area contributed by atoms with Crippen molar-refractivity contribution in [3.8, 4) is 0 Å². The lowest BCUT2D eigenvalue weighted by Crippen LogP contribution is -2.41. The van der Waals surface area contributed by atoms with Crippen LogP contribution in [0.25, 0.3) is 0 Å². The van der Waals surface area contributed by atoms with E-state index in [1.165, 1.54) is 12.1 Å². The van der Waals surface area contributed by atoms with Crippen LogP contribution in [-0.4, -0.2) is 26.7 Å². The lowest BCUT2D eigenvalue weighted by molar-refractivity contribution is 0.0867. The molecule has 0 aliphatic heterocycles. The Morgan fingerprint density at radius 3 is 2.24 bits per heavy atom. The van der Waals surface area contributed by atoms with E-state index in [-0.39, 0.29) is 33.5 Å². The van der Waals surface area contributed by atoms with Crippen molar-refractivity contribution in [1.82, 2.24) is 4.72 Å². The molecule has 0 amide bonds. The zero-order chi connectivity index (χ0) is 15.5. The summed E-state index contributed by atoms with van der Waals surface area (Å²) in [6, 6.07) is 4.58. The molecule has 7 heteroatoms. The predicted molar refractivity (Wildman–Crippen MR) is 84.3 cm³/mol. The zero-order valence-corrected chi connectivity index (χ0v) is 13.9. The summed E-state index contributed by atoms with van der Waals surface area (Å²) in [4.78, 5) is -0.0998. The third-order valence-electron chi connectivity index (χ3n) is 4.07. The Hall–Kier alpha value is -0.330. The predicted octanol–water partition coefficient (Wildman–Crippen LogP) is 3.21.